The maximum Gasteiger partial charge on any atom is 0.200 e. The number of hydrogen-bond donors (Lipinski definition) is 3. The molecule has 0 radical (unpaired) electrons. The number of nitrogen functional groups attached to an aromatic ring is 1. The fraction of sp³-hybridized carbons (Fsp3) is 0.133. The number of nitriles is 2. The van der Waals surface area contributed by atoms with E-state index in [1.165, 1.54) is 26.4 Å². The summed E-state index contributed by atoms with van der Waals surface area (Å²) in [6.45, 7) is 0. The van der Waals surface area contributed by atoms with Gasteiger partial charge in [-0.2, -0.15) is 10.5 Å². The van der Waals surface area contributed by atoms with Crippen LogP contribution < -0.4 is 15.2 Å². The fourth-order valence-electron chi connectivity index (χ4n) is 2.14. The molecule has 0 unspecified atom stereocenters. The second-order valence-electron chi connectivity index (χ2n) is 4.40. The number of methoxy groups -OCH3 is 2. The zero-order chi connectivity index (χ0) is 17.1. The number of nitrogens with zero attached hydrogens (tertiary/aromatic N) is 3. The first-order valence-electron chi connectivity index (χ1n) is 6.26. The van der Waals surface area contributed by atoms with Crippen molar-refractivity contribution in [3.8, 4) is 40.5 Å². The van der Waals surface area contributed by atoms with Gasteiger partial charge < -0.3 is 20.3 Å². The van der Waals surface area contributed by atoms with Gasteiger partial charge in [0.2, 0.25) is 5.75 Å². The Hall–Kier alpha value is -3.10. The molecule has 2 aromatic rings. The predicted molar refractivity (Wildman–Crippen MR) is 85.5 cm³/mol. The number of hydrogen-bond acceptors (Lipinski definition) is 8. The van der Waals surface area contributed by atoms with E-state index in [2.05, 4.69) is 17.6 Å². The van der Waals surface area contributed by atoms with Gasteiger partial charge in [-0.05, 0) is 17.7 Å². The van der Waals surface area contributed by atoms with Crippen LogP contribution in [0.2, 0.25) is 0 Å². The zero-order valence-electron chi connectivity index (χ0n) is 12.3. The maximum absolute atomic E-state index is 9.99. The Kier molecular flexibility index (Phi) is 4.49. The number of thiol groups is 1. The standard InChI is InChI=1S/C15H12N4O3S/c1-21-10-3-7(4-11(22-2)13(10)20)12-8(5-16)14(18)19-15(23)9(12)6-17/h3-4,20H,1-2H3,(H3,18,19,23). The quantitative estimate of drug-likeness (QED) is 0.736. The highest BCUT2D eigenvalue weighted by molar-refractivity contribution is 7.80. The molecule has 1 aromatic heterocycles. The average molecular weight is 328 g/mol. The average Bonchev–Trinajstić information content (AvgIpc) is 2.54. The van der Waals surface area contributed by atoms with Gasteiger partial charge in [0.25, 0.3) is 0 Å². The molecule has 7 nitrogen and oxygen atoms in total. The molecule has 0 spiro atoms. The number of anilines is 1. The van der Waals surface area contributed by atoms with E-state index in [9.17, 15) is 15.6 Å². The molecule has 0 bridgehead atoms. The van der Waals surface area contributed by atoms with Crippen molar-refractivity contribution in [1.29, 1.82) is 10.5 Å². The van der Waals surface area contributed by atoms with Crippen LogP contribution in [0.15, 0.2) is 17.2 Å². The zero-order valence-corrected chi connectivity index (χ0v) is 13.2. The van der Waals surface area contributed by atoms with Crippen molar-refractivity contribution in [3.05, 3.63) is 23.3 Å². The highest BCUT2D eigenvalue weighted by atomic mass is 32.1. The van der Waals surface area contributed by atoms with Crippen molar-refractivity contribution >= 4 is 18.4 Å². The van der Waals surface area contributed by atoms with Gasteiger partial charge in [0.1, 0.15) is 28.5 Å². The molecule has 0 aliphatic rings. The van der Waals surface area contributed by atoms with Crippen LogP contribution in [0.5, 0.6) is 17.2 Å². The van der Waals surface area contributed by atoms with Gasteiger partial charge in [-0.3, -0.25) is 0 Å². The minimum Gasteiger partial charge on any atom is -0.502 e. The molecule has 0 atom stereocenters. The van der Waals surface area contributed by atoms with Gasteiger partial charge in [0.05, 0.1) is 19.8 Å². The van der Waals surface area contributed by atoms with Crippen molar-refractivity contribution < 1.29 is 14.6 Å². The van der Waals surface area contributed by atoms with E-state index in [1.807, 2.05) is 12.1 Å². The van der Waals surface area contributed by atoms with Crippen LogP contribution in [-0.2, 0) is 0 Å². The van der Waals surface area contributed by atoms with Gasteiger partial charge in [-0.1, -0.05) is 0 Å². The first kappa shape index (κ1) is 16.3. The van der Waals surface area contributed by atoms with Gasteiger partial charge in [0.15, 0.2) is 11.5 Å². The number of benzene rings is 1. The van der Waals surface area contributed by atoms with E-state index in [1.54, 1.807) is 0 Å². The van der Waals surface area contributed by atoms with Crippen molar-refractivity contribution in [2.75, 3.05) is 20.0 Å². The molecule has 0 amide bonds. The summed E-state index contributed by atoms with van der Waals surface area (Å²) in [6.07, 6.45) is 0. The summed E-state index contributed by atoms with van der Waals surface area (Å²) >= 11 is 4.14. The summed E-state index contributed by atoms with van der Waals surface area (Å²) in [5.41, 5.74) is 6.55. The van der Waals surface area contributed by atoms with E-state index >= 15 is 0 Å². The van der Waals surface area contributed by atoms with Gasteiger partial charge in [-0.25, -0.2) is 4.98 Å². The van der Waals surface area contributed by atoms with E-state index in [4.69, 9.17) is 15.2 Å². The molecule has 116 valence electrons. The van der Waals surface area contributed by atoms with Crippen LogP contribution in [0.4, 0.5) is 5.82 Å². The van der Waals surface area contributed by atoms with Gasteiger partial charge in [0, 0.05) is 5.56 Å². The molecule has 8 heteroatoms. The third-order valence-electron chi connectivity index (χ3n) is 3.20. The first-order valence-corrected chi connectivity index (χ1v) is 6.71. The minimum atomic E-state index is -0.191. The van der Waals surface area contributed by atoms with Crippen molar-refractivity contribution in [2.24, 2.45) is 0 Å². The summed E-state index contributed by atoms with van der Waals surface area (Å²) in [7, 11) is 2.75. The normalized spacial score (nSPS) is 9.78. The molecule has 0 aliphatic heterocycles. The molecule has 2 rings (SSSR count). The van der Waals surface area contributed by atoms with Crippen LogP contribution >= 0.6 is 12.6 Å². The van der Waals surface area contributed by atoms with E-state index in [0.29, 0.717) is 5.56 Å². The maximum atomic E-state index is 9.99. The van der Waals surface area contributed by atoms with E-state index in [0.717, 1.165) is 0 Å². The Morgan fingerprint density at radius 3 is 2.09 bits per heavy atom. The lowest BCUT2D eigenvalue weighted by Gasteiger charge is -2.14. The van der Waals surface area contributed by atoms with Crippen LogP contribution in [0.1, 0.15) is 11.1 Å². The topological polar surface area (TPSA) is 125 Å². The SMILES string of the molecule is COc1cc(-c2c(C#N)c(N)nc(S)c2C#N)cc(OC)c1O. The molecule has 1 heterocycles. The fourth-order valence-corrected chi connectivity index (χ4v) is 2.41. The highest BCUT2D eigenvalue weighted by Gasteiger charge is 2.21. The monoisotopic (exact) mass is 328 g/mol. The van der Waals surface area contributed by atoms with Crippen molar-refractivity contribution in [2.45, 2.75) is 5.03 Å². The molecule has 0 saturated heterocycles. The van der Waals surface area contributed by atoms with Crippen LogP contribution in [0.3, 0.4) is 0 Å². The minimum absolute atomic E-state index is 0.0362. The number of ether oxygens (including phenoxy) is 2. The van der Waals surface area contributed by atoms with Crippen LogP contribution in [-0.4, -0.2) is 24.3 Å². The predicted octanol–water partition coefficient (Wildman–Crippen LogP) is 2.09. The Bertz CT molecular complexity index is 805. The molecular formula is C15H12N4O3S. The summed E-state index contributed by atoms with van der Waals surface area (Å²) in [5, 5.41) is 28.8. The number of aromatic nitrogens is 1. The van der Waals surface area contributed by atoms with Gasteiger partial charge >= 0.3 is 0 Å². The second-order valence-corrected chi connectivity index (χ2v) is 4.82. The first-order chi connectivity index (χ1) is 11.0. The summed E-state index contributed by atoms with van der Waals surface area (Å²) in [5.74, 6) is 0.0212. The number of phenols is 1. The van der Waals surface area contributed by atoms with E-state index < -0.39 is 0 Å². The molecule has 0 fully saturated rings. The molecule has 23 heavy (non-hydrogen) atoms. The van der Waals surface area contributed by atoms with Crippen LogP contribution in [0, 0.1) is 22.7 Å². The molecular weight excluding hydrogens is 316 g/mol. The summed E-state index contributed by atoms with van der Waals surface area (Å²) < 4.78 is 10.2. The lowest BCUT2D eigenvalue weighted by atomic mass is 9.96. The summed E-state index contributed by atoms with van der Waals surface area (Å²) in [6, 6.07) is 6.85. The highest BCUT2D eigenvalue weighted by Crippen LogP contribution is 2.43. The smallest absolute Gasteiger partial charge is 0.200 e. The number of rotatable bonds is 3. The van der Waals surface area contributed by atoms with Crippen molar-refractivity contribution in [1.82, 2.24) is 4.98 Å². The number of pyridine rings is 1. The Labute approximate surface area is 137 Å². The van der Waals surface area contributed by atoms with Crippen molar-refractivity contribution in [3.63, 3.8) is 0 Å². The number of phenolic OH excluding ortho intramolecular Hbond substituents is 1. The summed E-state index contributed by atoms with van der Waals surface area (Å²) in [4.78, 5) is 3.89. The van der Waals surface area contributed by atoms with Crippen LogP contribution in [0.25, 0.3) is 11.1 Å². The second kappa shape index (κ2) is 6.34. The molecule has 3 N–H and O–H groups in total. The third kappa shape index (κ3) is 2.68. The Morgan fingerprint density at radius 1 is 1.13 bits per heavy atom. The Balaban J connectivity index is 2.93. The molecule has 0 aliphatic carbocycles. The molecule has 0 saturated carbocycles. The Morgan fingerprint density at radius 2 is 1.65 bits per heavy atom. The largest absolute Gasteiger partial charge is 0.502 e. The van der Waals surface area contributed by atoms with E-state index in [-0.39, 0.29) is 44.8 Å². The lowest BCUT2D eigenvalue weighted by Crippen LogP contribution is -2.02. The number of nitrogens with two attached hydrogens (primary N) is 1. The molecule has 1 aromatic carbocycles. The van der Waals surface area contributed by atoms with Gasteiger partial charge in [-0.15, -0.1) is 12.6 Å². The number of aromatic hydroxyl groups is 1. The lowest BCUT2D eigenvalue weighted by molar-refractivity contribution is 0.340. The third-order valence-corrected chi connectivity index (χ3v) is 3.52.